The maximum absolute atomic E-state index is 6.08. The first-order chi connectivity index (χ1) is 9.76. The predicted octanol–water partition coefficient (Wildman–Crippen LogP) is 2.58. The molecule has 1 unspecified atom stereocenters. The summed E-state index contributed by atoms with van der Waals surface area (Å²) in [4.78, 5) is 2.60. The molecule has 1 heterocycles. The summed E-state index contributed by atoms with van der Waals surface area (Å²) in [7, 11) is 0. The smallest absolute Gasteiger partial charge is 0.123 e. The van der Waals surface area contributed by atoms with Crippen molar-refractivity contribution in [1.29, 1.82) is 0 Å². The third kappa shape index (κ3) is 2.99. The summed E-state index contributed by atoms with van der Waals surface area (Å²) in [6.07, 6.45) is 6.21. The van der Waals surface area contributed by atoms with Gasteiger partial charge in [-0.25, -0.2) is 0 Å². The molecule has 1 fully saturated rings. The van der Waals surface area contributed by atoms with Crippen molar-refractivity contribution in [3.8, 4) is 5.75 Å². The van der Waals surface area contributed by atoms with Crippen molar-refractivity contribution in [2.75, 3.05) is 13.1 Å². The Hall–Kier alpha value is -1.06. The van der Waals surface area contributed by atoms with Gasteiger partial charge in [-0.15, -0.1) is 0 Å². The molecule has 0 saturated heterocycles. The van der Waals surface area contributed by atoms with Gasteiger partial charge in [0.25, 0.3) is 0 Å². The minimum Gasteiger partial charge on any atom is -0.488 e. The van der Waals surface area contributed by atoms with Crippen molar-refractivity contribution in [3.05, 3.63) is 29.8 Å². The summed E-state index contributed by atoms with van der Waals surface area (Å²) >= 11 is 0. The third-order valence-electron chi connectivity index (χ3n) is 4.82. The first kappa shape index (κ1) is 13.9. The molecule has 110 valence electrons. The average Bonchev–Trinajstić information content (AvgIpc) is 2.88. The zero-order valence-electron chi connectivity index (χ0n) is 12.4. The summed E-state index contributed by atoms with van der Waals surface area (Å²) in [6.45, 7) is 4.41. The van der Waals surface area contributed by atoms with E-state index in [1.54, 1.807) is 0 Å². The lowest BCUT2D eigenvalue weighted by Crippen LogP contribution is -2.45. The molecule has 0 bridgehead atoms. The molecule has 3 rings (SSSR count). The quantitative estimate of drug-likeness (QED) is 0.917. The van der Waals surface area contributed by atoms with Crippen LogP contribution in [0.4, 0.5) is 0 Å². The van der Waals surface area contributed by atoms with Gasteiger partial charge in [-0.05, 0) is 43.9 Å². The van der Waals surface area contributed by atoms with Crippen molar-refractivity contribution < 1.29 is 4.74 Å². The molecular formula is C17H26N2O. The van der Waals surface area contributed by atoms with Gasteiger partial charge in [0.15, 0.2) is 0 Å². The minimum absolute atomic E-state index is 0.322. The average molecular weight is 274 g/mol. The Balaban J connectivity index is 1.57. The number of ether oxygens (including phenoxy) is 1. The van der Waals surface area contributed by atoms with Crippen LogP contribution in [-0.4, -0.2) is 36.2 Å². The van der Waals surface area contributed by atoms with E-state index in [2.05, 4.69) is 36.1 Å². The van der Waals surface area contributed by atoms with Gasteiger partial charge < -0.3 is 10.5 Å². The SMILES string of the molecule is CCN(CC1Cc2ccccc2O1)C1CCC(N)CC1. The molecule has 2 N–H and O–H groups in total. The molecule has 3 nitrogen and oxygen atoms in total. The van der Waals surface area contributed by atoms with Crippen LogP contribution in [0.15, 0.2) is 24.3 Å². The topological polar surface area (TPSA) is 38.5 Å². The van der Waals surface area contributed by atoms with Crippen LogP contribution in [0.1, 0.15) is 38.2 Å². The molecule has 0 radical (unpaired) electrons. The Morgan fingerprint density at radius 1 is 1.20 bits per heavy atom. The fraction of sp³-hybridized carbons (Fsp3) is 0.647. The Morgan fingerprint density at radius 2 is 1.95 bits per heavy atom. The Labute approximate surface area is 122 Å². The summed E-state index contributed by atoms with van der Waals surface area (Å²) in [5.41, 5.74) is 7.38. The van der Waals surface area contributed by atoms with Crippen LogP contribution in [0.3, 0.4) is 0 Å². The number of rotatable bonds is 4. The van der Waals surface area contributed by atoms with Crippen LogP contribution in [0.2, 0.25) is 0 Å². The lowest BCUT2D eigenvalue weighted by atomic mass is 9.90. The fourth-order valence-electron chi connectivity index (χ4n) is 3.62. The molecule has 1 saturated carbocycles. The third-order valence-corrected chi connectivity index (χ3v) is 4.82. The summed E-state index contributed by atoms with van der Waals surface area (Å²) < 4.78 is 6.08. The maximum atomic E-state index is 6.08. The van der Waals surface area contributed by atoms with Crippen LogP contribution in [0.25, 0.3) is 0 Å². The molecular weight excluding hydrogens is 248 g/mol. The van der Waals surface area contributed by atoms with Crippen molar-refractivity contribution in [2.45, 2.75) is 57.2 Å². The van der Waals surface area contributed by atoms with Crippen LogP contribution >= 0.6 is 0 Å². The second-order valence-corrected chi connectivity index (χ2v) is 6.21. The van der Waals surface area contributed by atoms with Gasteiger partial charge in [0.2, 0.25) is 0 Å². The number of nitrogens with zero attached hydrogens (tertiary/aromatic N) is 1. The van der Waals surface area contributed by atoms with E-state index in [9.17, 15) is 0 Å². The zero-order chi connectivity index (χ0) is 13.9. The number of hydrogen-bond donors (Lipinski definition) is 1. The highest BCUT2D eigenvalue weighted by Crippen LogP contribution is 2.30. The van der Waals surface area contributed by atoms with E-state index in [0.717, 1.165) is 25.3 Å². The molecule has 1 aliphatic carbocycles. The van der Waals surface area contributed by atoms with E-state index < -0.39 is 0 Å². The Kier molecular flexibility index (Phi) is 4.27. The monoisotopic (exact) mass is 274 g/mol. The number of para-hydroxylation sites is 1. The predicted molar refractivity (Wildman–Crippen MR) is 82.0 cm³/mol. The molecule has 1 aromatic carbocycles. The zero-order valence-corrected chi connectivity index (χ0v) is 12.4. The van der Waals surface area contributed by atoms with Gasteiger partial charge in [-0.1, -0.05) is 25.1 Å². The van der Waals surface area contributed by atoms with Gasteiger partial charge in [0.05, 0.1) is 0 Å². The maximum Gasteiger partial charge on any atom is 0.123 e. The first-order valence-corrected chi connectivity index (χ1v) is 8.00. The molecule has 0 amide bonds. The van der Waals surface area contributed by atoms with E-state index in [0.29, 0.717) is 18.2 Å². The van der Waals surface area contributed by atoms with E-state index in [4.69, 9.17) is 10.5 Å². The first-order valence-electron chi connectivity index (χ1n) is 8.00. The summed E-state index contributed by atoms with van der Waals surface area (Å²) in [6, 6.07) is 9.56. The van der Waals surface area contributed by atoms with Crippen LogP contribution in [-0.2, 0) is 6.42 Å². The van der Waals surface area contributed by atoms with Crippen LogP contribution < -0.4 is 10.5 Å². The normalized spacial score (nSPS) is 29.2. The van der Waals surface area contributed by atoms with E-state index in [1.165, 1.54) is 31.2 Å². The molecule has 3 heteroatoms. The molecule has 0 aromatic heterocycles. The largest absolute Gasteiger partial charge is 0.488 e. The molecule has 20 heavy (non-hydrogen) atoms. The van der Waals surface area contributed by atoms with Gasteiger partial charge in [0, 0.05) is 25.0 Å². The number of hydrogen-bond acceptors (Lipinski definition) is 3. The van der Waals surface area contributed by atoms with Gasteiger partial charge in [0.1, 0.15) is 11.9 Å². The molecule has 2 aliphatic rings. The Morgan fingerprint density at radius 3 is 2.65 bits per heavy atom. The van der Waals surface area contributed by atoms with E-state index in [-0.39, 0.29) is 0 Å². The van der Waals surface area contributed by atoms with Crippen molar-refractivity contribution in [2.24, 2.45) is 5.73 Å². The number of benzene rings is 1. The van der Waals surface area contributed by atoms with E-state index in [1.807, 2.05) is 0 Å². The highest BCUT2D eigenvalue weighted by Gasteiger charge is 2.28. The van der Waals surface area contributed by atoms with Crippen molar-refractivity contribution in [1.82, 2.24) is 4.90 Å². The molecule has 1 aromatic rings. The molecule has 0 spiro atoms. The summed E-state index contributed by atoms with van der Waals surface area (Å²) in [5, 5.41) is 0. The lowest BCUT2D eigenvalue weighted by molar-refractivity contribution is 0.0986. The summed E-state index contributed by atoms with van der Waals surface area (Å²) in [5.74, 6) is 1.08. The van der Waals surface area contributed by atoms with Crippen LogP contribution in [0.5, 0.6) is 5.75 Å². The van der Waals surface area contributed by atoms with E-state index >= 15 is 0 Å². The fourth-order valence-corrected chi connectivity index (χ4v) is 3.62. The van der Waals surface area contributed by atoms with Gasteiger partial charge in [-0.3, -0.25) is 4.90 Å². The van der Waals surface area contributed by atoms with Crippen molar-refractivity contribution >= 4 is 0 Å². The van der Waals surface area contributed by atoms with Crippen molar-refractivity contribution in [3.63, 3.8) is 0 Å². The standard InChI is InChI=1S/C17H26N2O/c1-2-19(15-9-7-14(18)8-10-15)12-16-11-13-5-3-4-6-17(13)20-16/h3-6,14-16H,2,7-12,18H2,1H3. The van der Waals surface area contributed by atoms with Gasteiger partial charge >= 0.3 is 0 Å². The lowest BCUT2D eigenvalue weighted by Gasteiger charge is -2.36. The molecule has 1 atom stereocenters. The number of likely N-dealkylation sites (N-methyl/N-ethyl adjacent to an activating group) is 1. The van der Waals surface area contributed by atoms with Gasteiger partial charge in [-0.2, -0.15) is 0 Å². The number of fused-ring (bicyclic) bond motifs is 1. The second kappa shape index (κ2) is 6.15. The second-order valence-electron chi connectivity index (χ2n) is 6.21. The highest BCUT2D eigenvalue weighted by atomic mass is 16.5. The number of nitrogens with two attached hydrogens (primary N) is 1. The highest BCUT2D eigenvalue weighted by molar-refractivity contribution is 5.37. The molecule has 1 aliphatic heterocycles. The van der Waals surface area contributed by atoms with Crippen LogP contribution in [0, 0.1) is 0 Å². The minimum atomic E-state index is 0.322. The Bertz CT molecular complexity index is 415.